The number of nitrogens with zero attached hydrogens (tertiary/aromatic N) is 2. The highest BCUT2D eigenvalue weighted by molar-refractivity contribution is 7.19. The van der Waals surface area contributed by atoms with Crippen LogP contribution >= 0.6 is 11.3 Å². The molecule has 0 aromatic carbocycles. The van der Waals surface area contributed by atoms with Crippen molar-refractivity contribution in [2.24, 2.45) is 5.73 Å². The first-order valence-corrected chi connectivity index (χ1v) is 8.19. The molecule has 0 aliphatic rings. The molecule has 4 rings (SSSR count). The summed E-state index contributed by atoms with van der Waals surface area (Å²) in [7, 11) is 0. The molecule has 0 aliphatic carbocycles. The van der Waals surface area contributed by atoms with E-state index in [4.69, 9.17) is 14.6 Å². The maximum Gasteiger partial charge on any atom is 0.127 e. The van der Waals surface area contributed by atoms with E-state index in [1.165, 1.54) is 4.88 Å². The van der Waals surface area contributed by atoms with E-state index in [0.717, 1.165) is 33.5 Å². The van der Waals surface area contributed by atoms with Crippen molar-refractivity contribution in [2.45, 2.75) is 19.4 Å². The Morgan fingerprint density at radius 2 is 2.17 bits per heavy atom. The summed E-state index contributed by atoms with van der Waals surface area (Å²) in [6, 6.07) is 5.22. The summed E-state index contributed by atoms with van der Waals surface area (Å²) >= 11 is 1.67. The molecule has 0 saturated heterocycles. The molecule has 116 valence electrons. The Balaban J connectivity index is 2.00. The summed E-state index contributed by atoms with van der Waals surface area (Å²) in [5.74, 6) is 0.687. The minimum Gasteiger partial charge on any atom is -0.472 e. The Kier molecular flexibility index (Phi) is 3.48. The number of nitrogens with two attached hydrogens (primary N) is 1. The van der Waals surface area contributed by atoms with E-state index in [2.05, 4.69) is 16.9 Å². The van der Waals surface area contributed by atoms with Gasteiger partial charge in [0.1, 0.15) is 23.0 Å². The summed E-state index contributed by atoms with van der Waals surface area (Å²) < 4.78 is 10.7. The standard InChI is InChI=1S/C17H15N3O2S/c1-2-12-13(10-5-7-21-8-10)14-16(19-9-20-17(14)23-12)15(18)11-4-3-6-22-11/h3-9,15H,2,18H2,1H3. The molecular weight excluding hydrogens is 310 g/mol. The van der Waals surface area contributed by atoms with Crippen LogP contribution in [0.15, 0.2) is 52.2 Å². The Morgan fingerprint density at radius 1 is 1.26 bits per heavy atom. The topological polar surface area (TPSA) is 78.1 Å². The number of hydrogen-bond donors (Lipinski definition) is 1. The van der Waals surface area contributed by atoms with E-state index < -0.39 is 6.04 Å². The third-order valence-corrected chi connectivity index (χ3v) is 5.11. The maximum absolute atomic E-state index is 6.40. The number of aromatic nitrogens is 2. The molecule has 0 saturated carbocycles. The van der Waals surface area contributed by atoms with Gasteiger partial charge in [-0.3, -0.25) is 0 Å². The zero-order valence-corrected chi connectivity index (χ0v) is 13.3. The smallest absolute Gasteiger partial charge is 0.127 e. The molecule has 1 atom stereocenters. The summed E-state index contributed by atoms with van der Waals surface area (Å²) in [4.78, 5) is 11.1. The Hall–Kier alpha value is -2.44. The molecule has 4 aromatic heterocycles. The van der Waals surface area contributed by atoms with Gasteiger partial charge in [-0.15, -0.1) is 11.3 Å². The molecule has 0 amide bonds. The molecule has 23 heavy (non-hydrogen) atoms. The lowest BCUT2D eigenvalue weighted by molar-refractivity contribution is 0.487. The quantitative estimate of drug-likeness (QED) is 0.609. The van der Waals surface area contributed by atoms with Gasteiger partial charge in [0, 0.05) is 21.4 Å². The number of thiophene rings is 1. The molecule has 1 unspecified atom stereocenters. The summed E-state index contributed by atoms with van der Waals surface area (Å²) in [6.45, 7) is 2.13. The van der Waals surface area contributed by atoms with Gasteiger partial charge >= 0.3 is 0 Å². The monoisotopic (exact) mass is 325 g/mol. The maximum atomic E-state index is 6.40. The molecule has 4 aromatic rings. The molecule has 0 bridgehead atoms. The number of furan rings is 2. The van der Waals surface area contributed by atoms with E-state index in [9.17, 15) is 0 Å². The van der Waals surface area contributed by atoms with E-state index >= 15 is 0 Å². The van der Waals surface area contributed by atoms with Crippen LogP contribution in [-0.2, 0) is 6.42 Å². The highest BCUT2D eigenvalue weighted by Gasteiger charge is 2.23. The average molecular weight is 325 g/mol. The fraction of sp³-hybridized carbons (Fsp3) is 0.176. The zero-order valence-electron chi connectivity index (χ0n) is 12.5. The van der Waals surface area contributed by atoms with Crippen molar-refractivity contribution in [2.75, 3.05) is 0 Å². The van der Waals surface area contributed by atoms with E-state index in [1.807, 2.05) is 18.2 Å². The van der Waals surface area contributed by atoms with Gasteiger partial charge in [-0.1, -0.05) is 6.92 Å². The van der Waals surface area contributed by atoms with Gasteiger partial charge in [-0.25, -0.2) is 9.97 Å². The van der Waals surface area contributed by atoms with Gasteiger partial charge in [0.2, 0.25) is 0 Å². The van der Waals surface area contributed by atoms with Crippen molar-refractivity contribution in [3.8, 4) is 11.1 Å². The van der Waals surface area contributed by atoms with Crippen LogP contribution in [0.3, 0.4) is 0 Å². The summed E-state index contributed by atoms with van der Waals surface area (Å²) in [5, 5.41) is 0.986. The predicted octanol–water partition coefficient (Wildman–Crippen LogP) is 4.15. The van der Waals surface area contributed by atoms with Gasteiger partial charge in [0.25, 0.3) is 0 Å². The van der Waals surface area contributed by atoms with Crippen LogP contribution < -0.4 is 5.73 Å². The van der Waals surface area contributed by atoms with Crippen LogP contribution in [-0.4, -0.2) is 9.97 Å². The van der Waals surface area contributed by atoms with Crippen LogP contribution in [0.25, 0.3) is 21.3 Å². The minimum atomic E-state index is -0.430. The molecule has 0 aliphatic heterocycles. The first-order valence-electron chi connectivity index (χ1n) is 7.37. The molecule has 5 nitrogen and oxygen atoms in total. The normalized spacial score (nSPS) is 12.8. The van der Waals surface area contributed by atoms with Crippen LogP contribution in [0.2, 0.25) is 0 Å². The van der Waals surface area contributed by atoms with E-state index in [1.54, 1.807) is 36.5 Å². The number of fused-ring (bicyclic) bond motifs is 1. The van der Waals surface area contributed by atoms with Gasteiger partial charge in [-0.2, -0.15) is 0 Å². The van der Waals surface area contributed by atoms with Crippen molar-refractivity contribution in [1.29, 1.82) is 0 Å². The highest BCUT2D eigenvalue weighted by atomic mass is 32.1. The fourth-order valence-corrected chi connectivity index (χ4v) is 3.91. The second kappa shape index (κ2) is 5.64. The SMILES string of the molecule is CCc1sc2ncnc(C(N)c3ccco3)c2c1-c1ccoc1. The lowest BCUT2D eigenvalue weighted by Gasteiger charge is -2.10. The lowest BCUT2D eigenvalue weighted by Crippen LogP contribution is -2.13. The van der Waals surface area contributed by atoms with Crippen LogP contribution in [0.1, 0.15) is 29.3 Å². The summed E-state index contributed by atoms with van der Waals surface area (Å²) in [6.07, 6.45) is 7.52. The molecular formula is C17H15N3O2S. The van der Waals surface area contributed by atoms with Crippen LogP contribution in [0.5, 0.6) is 0 Å². The van der Waals surface area contributed by atoms with Gasteiger partial charge in [-0.05, 0) is 24.6 Å². The second-order valence-electron chi connectivity index (χ2n) is 5.20. The third kappa shape index (κ3) is 2.27. The number of aryl methyl sites for hydroxylation is 1. The third-order valence-electron chi connectivity index (χ3n) is 3.87. The summed E-state index contributed by atoms with van der Waals surface area (Å²) in [5.41, 5.74) is 9.31. The van der Waals surface area contributed by atoms with Crippen LogP contribution in [0, 0.1) is 0 Å². The molecule has 2 N–H and O–H groups in total. The van der Waals surface area contributed by atoms with Gasteiger partial charge in [0.15, 0.2) is 0 Å². The van der Waals surface area contributed by atoms with Crippen molar-refractivity contribution in [1.82, 2.24) is 9.97 Å². The fourth-order valence-electron chi connectivity index (χ4n) is 2.80. The number of rotatable bonds is 4. The van der Waals surface area contributed by atoms with Gasteiger partial charge < -0.3 is 14.6 Å². The van der Waals surface area contributed by atoms with Gasteiger partial charge in [0.05, 0.1) is 24.5 Å². The van der Waals surface area contributed by atoms with Crippen molar-refractivity contribution in [3.05, 3.63) is 59.6 Å². The Labute approximate surface area is 136 Å². The van der Waals surface area contributed by atoms with Crippen LogP contribution in [0.4, 0.5) is 0 Å². The Morgan fingerprint density at radius 3 is 2.87 bits per heavy atom. The average Bonchev–Trinajstić information content (AvgIpc) is 3.31. The van der Waals surface area contributed by atoms with Crippen molar-refractivity contribution in [3.63, 3.8) is 0 Å². The molecule has 0 fully saturated rings. The predicted molar refractivity (Wildman–Crippen MR) is 89.2 cm³/mol. The zero-order chi connectivity index (χ0) is 15.8. The molecule has 0 spiro atoms. The molecule has 0 radical (unpaired) electrons. The lowest BCUT2D eigenvalue weighted by atomic mass is 10.0. The number of hydrogen-bond acceptors (Lipinski definition) is 6. The first-order chi connectivity index (χ1) is 11.3. The first kappa shape index (κ1) is 14.2. The molecule has 6 heteroatoms. The Bertz CT molecular complexity index is 926. The highest BCUT2D eigenvalue weighted by Crippen LogP contribution is 2.41. The van der Waals surface area contributed by atoms with Crippen molar-refractivity contribution < 1.29 is 8.83 Å². The largest absolute Gasteiger partial charge is 0.472 e. The molecule has 4 heterocycles. The second-order valence-corrected chi connectivity index (χ2v) is 6.28. The van der Waals surface area contributed by atoms with E-state index in [-0.39, 0.29) is 0 Å². The minimum absolute atomic E-state index is 0.430. The van der Waals surface area contributed by atoms with Crippen molar-refractivity contribution >= 4 is 21.6 Å². The van der Waals surface area contributed by atoms with E-state index in [0.29, 0.717) is 5.76 Å².